The zero-order valence-corrected chi connectivity index (χ0v) is 24.9. The SMILES string of the molecule is C#Cc1ccc(C(C(=O)Nc2ccccc2C)N(CCCCCCCC)C(=O)C(C)NC(=O)OC(C)(C)C)cc1. The van der Waals surface area contributed by atoms with Crippen molar-refractivity contribution in [2.24, 2.45) is 0 Å². The lowest BCUT2D eigenvalue weighted by Gasteiger charge is -2.34. The summed E-state index contributed by atoms with van der Waals surface area (Å²) < 4.78 is 5.37. The first-order valence-corrected chi connectivity index (χ1v) is 14.2. The molecule has 0 aliphatic rings. The number of nitrogens with zero attached hydrogens (tertiary/aromatic N) is 1. The Morgan fingerprint density at radius 3 is 2.20 bits per heavy atom. The van der Waals surface area contributed by atoms with E-state index < -0.39 is 23.8 Å². The van der Waals surface area contributed by atoms with Crippen molar-refractivity contribution in [2.75, 3.05) is 11.9 Å². The van der Waals surface area contributed by atoms with Crippen LogP contribution in [-0.2, 0) is 14.3 Å². The second-order valence-electron chi connectivity index (χ2n) is 11.1. The van der Waals surface area contributed by atoms with Crippen LogP contribution >= 0.6 is 0 Å². The highest BCUT2D eigenvalue weighted by molar-refractivity contribution is 5.99. The lowest BCUT2D eigenvalue weighted by Crippen LogP contribution is -2.51. The molecular weight excluding hydrogens is 502 g/mol. The van der Waals surface area contributed by atoms with Gasteiger partial charge >= 0.3 is 6.09 Å². The smallest absolute Gasteiger partial charge is 0.408 e. The monoisotopic (exact) mass is 547 g/mol. The van der Waals surface area contributed by atoms with E-state index in [-0.39, 0.29) is 11.8 Å². The number of hydrogen-bond acceptors (Lipinski definition) is 4. The van der Waals surface area contributed by atoms with E-state index in [2.05, 4.69) is 23.5 Å². The van der Waals surface area contributed by atoms with Crippen molar-refractivity contribution < 1.29 is 19.1 Å². The Morgan fingerprint density at radius 2 is 1.60 bits per heavy atom. The molecule has 216 valence electrons. The van der Waals surface area contributed by atoms with Gasteiger partial charge in [-0.1, -0.05) is 75.3 Å². The summed E-state index contributed by atoms with van der Waals surface area (Å²) in [6.45, 7) is 11.3. The van der Waals surface area contributed by atoms with Crippen molar-refractivity contribution in [3.05, 3.63) is 65.2 Å². The maximum absolute atomic E-state index is 13.9. The molecule has 0 aliphatic carbocycles. The minimum atomic E-state index is -0.933. The first kappa shape index (κ1) is 32.4. The number of carbonyl (C=O) groups excluding carboxylic acids is 3. The third-order valence-corrected chi connectivity index (χ3v) is 6.50. The summed E-state index contributed by atoms with van der Waals surface area (Å²) in [5.74, 6) is 1.88. The molecule has 0 bridgehead atoms. The number of hydrogen-bond donors (Lipinski definition) is 2. The summed E-state index contributed by atoms with van der Waals surface area (Å²) in [4.78, 5) is 41.9. The third-order valence-electron chi connectivity index (χ3n) is 6.50. The molecule has 0 fully saturated rings. The molecule has 0 saturated heterocycles. The van der Waals surface area contributed by atoms with Gasteiger partial charge < -0.3 is 20.3 Å². The molecule has 0 heterocycles. The average molecular weight is 548 g/mol. The number of alkyl carbamates (subject to hydrolysis) is 1. The van der Waals surface area contributed by atoms with Gasteiger partial charge in [-0.2, -0.15) is 0 Å². The molecule has 7 heteroatoms. The topological polar surface area (TPSA) is 87.7 Å². The molecular formula is C33H45N3O4. The van der Waals surface area contributed by atoms with E-state index in [0.29, 0.717) is 23.4 Å². The summed E-state index contributed by atoms with van der Waals surface area (Å²) in [6.07, 6.45) is 11.0. The van der Waals surface area contributed by atoms with Crippen LogP contribution < -0.4 is 10.6 Å². The van der Waals surface area contributed by atoms with E-state index in [1.807, 2.05) is 31.2 Å². The molecule has 0 spiro atoms. The van der Waals surface area contributed by atoms with Crippen molar-refractivity contribution in [1.82, 2.24) is 10.2 Å². The molecule has 0 aliphatic heterocycles. The number of nitrogens with one attached hydrogen (secondary N) is 2. The zero-order valence-electron chi connectivity index (χ0n) is 24.9. The highest BCUT2D eigenvalue weighted by Gasteiger charge is 2.34. The van der Waals surface area contributed by atoms with Crippen LogP contribution in [0.4, 0.5) is 10.5 Å². The van der Waals surface area contributed by atoms with E-state index in [1.54, 1.807) is 56.9 Å². The predicted octanol–water partition coefficient (Wildman–Crippen LogP) is 6.76. The van der Waals surface area contributed by atoms with E-state index in [9.17, 15) is 14.4 Å². The standard InChI is InChI=1S/C33H45N3O4/c1-8-10-11-12-13-16-23-36(31(38)25(4)34-32(39)40-33(5,6)7)29(27-21-19-26(9-2)20-22-27)30(37)35-28-18-15-14-17-24(28)3/h2,14-15,17-22,25,29H,8,10-13,16,23H2,1,3-7H3,(H,34,39)(H,35,37). The molecule has 2 N–H and O–H groups in total. The number of benzene rings is 2. The Labute approximate surface area is 240 Å². The number of terminal acetylenes is 1. The number of unbranched alkanes of at least 4 members (excludes halogenated alkanes) is 5. The van der Waals surface area contributed by atoms with Crippen LogP contribution in [0.1, 0.15) is 95.9 Å². The summed E-state index contributed by atoms with van der Waals surface area (Å²) >= 11 is 0. The van der Waals surface area contributed by atoms with Gasteiger partial charge in [0.15, 0.2) is 0 Å². The predicted molar refractivity (Wildman–Crippen MR) is 161 cm³/mol. The van der Waals surface area contributed by atoms with Crippen molar-refractivity contribution in [2.45, 2.75) is 97.8 Å². The minimum Gasteiger partial charge on any atom is -0.444 e. The van der Waals surface area contributed by atoms with Gasteiger partial charge in [0.05, 0.1) is 0 Å². The van der Waals surface area contributed by atoms with E-state index in [4.69, 9.17) is 11.2 Å². The van der Waals surface area contributed by atoms with Crippen LogP contribution in [-0.4, -0.2) is 41.0 Å². The number of rotatable bonds is 13. The van der Waals surface area contributed by atoms with Gasteiger partial charge in [0.25, 0.3) is 5.91 Å². The number of anilines is 1. The molecule has 2 unspecified atom stereocenters. The molecule has 2 rings (SSSR count). The fraction of sp³-hybridized carbons (Fsp3) is 0.485. The average Bonchev–Trinajstić information content (AvgIpc) is 2.89. The molecule has 0 aromatic heterocycles. The Kier molecular flexibility index (Phi) is 12.7. The van der Waals surface area contributed by atoms with Crippen LogP contribution in [0.5, 0.6) is 0 Å². The third kappa shape index (κ3) is 10.4. The number of ether oxygens (including phenoxy) is 1. The fourth-order valence-corrected chi connectivity index (χ4v) is 4.37. The number of para-hydroxylation sites is 1. The fourth-order valence-electron chi connectivity index (χ4n) is 4.37. The quantitative estimate of drug-likeness (QED) is 0.214. The molecule has 3 amide bonds. The maximum Gasteiger partial charge on any atom is 0.408 e. The molecule has 2 aromatic carbocycles. The number of carbonyl (C=O) groups is 3. The molecule has 0 saturated carbocycles. The molecule has 7 nitrogen and oxygen atoms in total. The van der Waals surface area contributed by atoms with Crippen LogP contribution in [0, 0.1) is 19.3 Å². The maximum atomic E-state index is 13.9. The van der Waals surface area contributed by atoms with Gasteiger partial charge in [-0.3, -0.25) is 9.59 Å². The largest absolute Gasteiger partial charge is 0.444 e. The highest BCUT2D eigenvalue weighted by Crippen LogP contribution is 2.26. The van der Waals surface area contributed by atoms with Crippen molar-refractivity contribution in [1.29, 1.82) is 0 Å². The number of aryl methyl sites for hydroxylation is 1. The minimum absolute atomic E-state index is 0.341. The molecule has 40 heavy (non-hydrogen) atoms. The van der Waals surface area contributed by atoms with Crippen LogP contribution in [0.15, 0.2) is 48.5 Å². The molecule has 2 atom stereocenters. The number of amides is 3. The van der Waals surface area contributed by atoms with Crippen LogP contribution in [0.3, 0.4) is 0 Å². The Hall–Kier alpha value is -3.79. The first-order chi connectivity index (χ1) is 19.0. The van der Waals surface area contributed by atoms with Crippen LogP contribution in [0.2, 0.25) is 0 Å². The van der Waals surface area contributed by atoms with Gasteiger partial charge in [-0.05, 0) is 70.4 Å². The summed E-state index contributed by atoms with van der Waals surface area (Å²) in [5.41, 5.74) is 2.18. The molecule has 2 aromatic rings. The normalized spacial score (nSPS) is 12.5. The van der Waals surface area contributed by atoms with Crippen LogP contribution in [0.25, 0.3) is 0 Å². The summed E-state index contributed by atoms with van der Waals surface area (Å²) in [6, 6.07) is 12.8. The summed E-state index contributed by atoms with van der Waals surface area (Å²) in [7, 11) is 0. The Morgan fingerprint density at radius 1 is 0.975 bits per heavy atom. The van der Waals surface area contributed by atoms with Crippen molar-refractivity contribution >= 4 is 23.6 Å². The molecule has 0 radical (unpaired) electrons. The van der Waals surface area contributed by atoms with Crippen molar-refractivity contribution in [3.63, 3.8) is 0 Å². The van der Waals surface area contributed by atoms with Crippen molar-refractivity contribution in [3.8, 4) is 12.3 Å². The van der Waals surface area contributed by atoms with Gasteiger partial charge in [0.1, 0.15) is 17.7 Å². The second kappa shape index (κ2) is 15.7. The van der Waals surface area contributed by atoms with Gasteiger partial charge in [0, 0.05) is 17.8 Å². The van der Waals surface area contributed by atoms with E-state index in [1.165, 1.54) is 6.42 Å². The summed E-state index contributed by atoms with van der Waals surface area (Å²) in [5, 5.41) is 5.66. The Balaban J connectivity index is 2.42. The highest BCUT2D eigenvalue weighted by atomic mass is 16.6. The first-order valence-electron chi connectivity index (χ1n) is 14.2. The van der Waals surface area contributed by atoms with E-state index >= 15 is 0 Å². The van der Waals surface area contributed by atoms with Gasteiger partial charge in [-0.25, -0.2) is 4.79 Å². The lowest BCUT2D eigenvalue weighted by atomic mass is 10.00. The second-order valence-corrected chi connectivity index (χ2v) is 11.1. The van der Waals surface area contributed by atoms with Gasteiger partial charge in [0.2, 0.25) is 5.91 Å². The lowest BCUT2D eigenvalue weighted by molar-refractivity contribution is -0.140. The Bertz CT molecular complexity index is 1160. The van der Waals surface area contributed by atoms with Gasteiger partial charge in [-0.15, -0.1) is 6.42 Å². The zero-order chi connectivity index (χ0) is 29.7. The van der Waals surface area contributed by atoms with E-state index in [0.717, 1.165) is 37.7 Å².